The molecule has 0 saturated carbocycles. The molecule has 0 aliphatic carbocycles. The van der Waals surface area contributed by atoms with Gasteiger partial charge in [-0.15, -0.1) is 12.4 Å². The summed E-state index contributed by atoms with van der Waals surface area (Å²) in [6, 6.07) is 9.95. The van der Waals surface area contributed by atoms with Crippen LogP contribution < -0.4 is 5.43 Å². The number of aryl methyl sites for hydroxylation is 1. The predicted octanol–water partition coefficient (Wildman–Crippen LogP) is 3.71. The number of carbonyl (C=O) groups excluding carboxylic acids is 1. The molecule has 0 bridgehead atoms. The predicted molar refractivity (Wildman–Crippen MR) is 114 cm³/mol. The normalized spacial score (nSPS) is 18.0. The van der Waals surface area contributed by atoms with Crippen molar-refractivity contribution < 1.29 is 4.79 Å². The topological polar surface area (TPSA) is 72.8 Å². The molecule has 2 aromatic rings. The summed E-state index contributed by atoms with van der Waals surface area (Å²) in [7, 11) is 0. The largest absolute Gasteiger partial charge is 0.357 e. The second-order valence-electron chi connectivity index (χ2n) is 6.52. The number of aliphatic imine (C=N–C) groups is 1. The van der Waals surface area contributed by atoms with E-state index in [1.807, 2.05) is 48.4 Å². The molecular weight excluding hydrogens is 382 g/mol. The zero-order chi connectivity index (χ0) is 17.9. The molecule has 142 valence electrons. The Labute approximate surface area is 168 Å². The van der Waals surface area contributed by atoms with Gasteiger partial charge in [0.05, 0.1) is 11.4 Å². The number of aromatic amines is 1. The third-order valence-corrected chi connectivity index (χ3v) is 5.38. The lowest BCUT2D eigenvalue weighted by atomic mass is 10.2. The number of nitrogens with zero attached hydrogens (tertiary/aromatic N) is 3. The van der Waals surface area contributed by atoms with Crippen molar-refractivity contribution in [1.82, 2.24) is 15.3 Å². The maximum absolute atomic E-state index is 12.4. The Balaban J connectivity index is 0.00000210. The number of nitrogens with one attached hydrogen (secondary N) is 2. The van der Waals surface area contributed by atoms with E-state index in [0.717, 1.165) is 48.1 Å². The molecule has 1 fully saturated rings. The molecule has 2 aliphatic rings. The molecule has 0 radical (unpaired) electrons. The van der Waals surface area contributed by atoms with Crippen LogP contribution in [0.2, 0.25) is 0 Å². The standard InChI is InChI=1S/C19H21N5OS.ClH/c1-13-5-4-6-15(9-13)21-19-23-22-17(12-26-19)14-10-16(20-11-14)18(25)24-7-2-3-8-24;/h4-6,9-11,20H,2-3,7-8,12H2,1H3,(H,21,23);1H. The number of hydrogen-bond acceptors (Lipinski definition) is 4. The maximum Gasteiger partial charge on any atom is 0.270 e. The third kappa shape index (κ3) is 4.54. The summed E-state index contributed by atoms with van der Waals surface area (Å²) in [5.74, 6) is 0.791. The highest BCUT2D eigenvalue weighted by Crippen LogP contribution is 2.20. The molecule has 6 nitrogen and oxygen atoms in total. The van der Waals surface area contributed by atoms with Gasteiger partial charge in [0.25, 0.3) is 5.91 Å². The number of aromatic nitrogens is 1. The minimum absolute atomic E-state index is 0. The molecule has 0 atom stereocenters. The van der Waals surface area contributed by atoms with Crippen molar-refractivity contribution in [1.29, 1.82) is 0 Å². The van der Waals surface area contributed by atoms with E-state index < -0.39 is 0 Å². The molecule has 1 amide bonds. The number of hydrazone groups is 1. The molecule has 8 heteroatoms. The minimum Gasteiger partial charge on any atom is -0.357 e. The third-order valence-electron chi connectivity index (χ3n) is 4.50. The molecule has 0 spiro atoms. The van der Waals surface area contributed by atoms with E-state index in [-0.39, 0.29) is 18.3 Å². The Hall–Kier alpha value is -2.25. The first-order valence-electron chi connectivity index (χ1n) is 8.78. The van der Waals surface area contributed by atoms with Gasteiger partial charge in [0, 0.05) is 30.6 Å². The minimum atomic E-state index is 0. The average molecular weight is 404 g/mol. The maximum atomic E-state index is 12.4. The first-order chi connectivity index (χ1) is 12.7. The molecule has 4 rings (SSSR count). The van der Waals surface area contributed by atoms with Gasteiger partial charge in [0.15, 0.2) is 5.17 Å². The van der Waals surface area contributed by atoms with E-state index in [0.29, 0.717) is 11.4 Å². The lowest BCUT2D eigenvalue weighted by Crippen LogP contribution is -2.27. The molecule has 1 aromatic heterocycles. The van der Waals surface area contributed by atoms with Crippen molar-refractivity contribution in [3.63, 3.8) is 0 Å². The molecule has 1 saturated heterocycles. The number of rotatable bonds is 3. The first-order valence-corrected chi connectivity index (χ1v) is 9.76. The van der Waals surface area contributed by atoms with Gasteiger partial charge < -0.3 is 9.88 Å². The van der Waals surface area contributed by atoms with Gasteiger partial charge in [-0.3, -0.25) is 10.2 Å². The highest BCUT2D eigenvalue weighted by molar-refractivity contribution is 8.14. The van der Waals surface area contributed by atoms with E-state index in [9.17, 15) is 4.79 Å². The Kier molecular flexibility index (Phi) is 6.23. The van der Waals surface area contributed by atoms with Gasteiger partial charge in [-0.2, -0.15) is 5.10 Å². The van der Waals surface area contributed by atoms with Gasteiger partial charge >= 0.3 is 0 Å². The van der Waals surface area contributed by atoms with Crippen LogP contribution in [0.1, 0.15) is 34.5 Å². The lowest BCUT2D eigenvalue weighted by Gasteiger charge is -2.14. The van der Waals surface area contributed by atoms with Crippen molar-refractivity contribution in [2.75, 3.05) is 18.8 Å². The number of hydrogen-bond donors (Lipinski definition) is 2. The number of halogens is 1. The zero-order valence-electron chi connectivity index (χ0n) is 15.1. The second-order valence-corrected chi connectivity index (χ2v) is 7.48. The second kappa shape index (κ2) is 8.63. The summed E-state index contributed by atoms with van der Waals surface area (Å²) < 4.78 is 0. The van der Waals surface area contributed by atoms with Crippen LogP contribution in [0.25, 0.3) is 0 Å². The van der Waals surface area contributed by atoms with Crippen LogP contribution in [0, 0.1) is 6.92 Å². The number of thioether (sulfide) groups is 1. The number of amidine groups is 1. The highest BCUT2D eigenvalue weighted by atomic mass is 35.5. The Morgan fingerprint density at radius 3 is 2.78 bits per heavy atom. The van der Waals surface area contributed by atoms with E-state index in [1.165, 1.54) is 5.56 Å². The fourth-order valence-corrected chi connectivity index (χ4v) is 3.90. The molecule has 2 aliphatic heterocycles. The summed E-state index contributed by atoms with van der Waals surface area (Å²) in [5, 5.41) is 5.22. The van der Waals surface area contributed by atoms with Crippen molar-refractivity contribution in [3.05, 3.63) is 53.3 Å². The number of amides is 1. The Bertz CT molecular complexity index is 886. The summed E-state index contributed by atoms with van der Waals surface area (Å²) in [5.41, 5.74) is 7.61. The number of carbonyl (C=O) groups is 1. The lowest BCUT2D eigenvalue weighted by molar-refractivity contribution is 0.0787. The monoisotopic (exact) mass is 403 g/mol. The first kappa shape index (κ1) is 19.5. The zero-order valence-corrected chi connectivity index (χ0v) is 16.7. The van der Waals surface area contributed by atoms with Crippen molar-refractivity contribution in [3.8, 4) is 0 Å². The van der Waals surface area contributed by atoms with Crippen molar-refractivity contribution >= 4 is 46.6 Å². The van der Waals surface area contributed by atoms with Gasteiger partial charge in [0.1, 0.15) is 5.69 Å². The SMILES string of the molecule is Cc1cccc(N=C2NN=C(c3c[nH]c(C(=O)N4CCCC4)c3)CS2)c1.Cl. The van der Waals surface area contributed by atoms with E-state index in [4.69, 9.17) is 0 Å². The fourth-order valence-electron chi connectivity index (χ4n) is 3.11. The average Bonchev–Trinajstić information content (AvgIpc) is 3.34. The summed E-state index contributed by atoms with van der Waals surface area (Å²) >= 11 is 1.61. The quantitative estimate of drug-likeness (QED) is 0.820. The Morgan fingerprint density at radius 1 is 1.26 bits per heavy atom. The molecule has 0 unspecified atom stereocenters. The number of likely N-dealkylation sites (tertiary alicyclic amines) is 1. The molecule has 27 heavy (non-hydrogen) atoms. The van der Waals surface area contributed by atoms with Crippen LogP contribution in [-0.4, -0.2) is 45.5 Å². The summed E-state index contributed by atoms with van der Waals surface area (Å²) in [6.45, 7) is 3.75. The van der Waals surface area contributed by atoms with Gasteiger partial charge in [0.2, 0.25) is 0 Å². The smallest absolute Gasteiger partial charge is 0.270 e. The van der Waals surface area contributed by atoms with Gasteiger partial charge in [-0.05, 0) is 43.5 Å². The van der Waals surface area contributed by atoms with Crippen LogP contribution in [0.3, 0.4) is 0 Å². The molecular formula is C19H22ClN5OS. The molecule has 1 aromatic carbocycles. The molecule has 2 N–H and O–H groups in total. The summed E-state index contributed by atoms with van der Waals surface area (Å²) in [6.07, 6.45) is 4.04. The summed E-state index contributed by atoms with van der Waals surface area (Å²) in [4.78, 5) is 22.0. The highest BCUT2D eigenvalue weighted by Gasteiger charge is 2.22. The fraction of sp³-hybridized carbons (Fsp3) is 0.316. The van der Waals surface area contributed by atoms with E-state index >= 15 is 0 Å². The van der Waals surface area contributed by atoms with Gasteiger partial charge in [-0.25, -0.2) is 4.99 Å². The van der Waals surface area contributed by atoms with Gasteiger partial charge in [-0.1, -0.05) is 23.9 Å². The molecule has 3 heterocycles. The van der Waals surface area contributed by atoms with Crippen molar-refractivity contribution in [2.24, 2.45) is 10.1 Å². The number of benzene rings is 1. The number of H-pyrrole nitrogens is 1. The van der Waals surface area contributed by atoms with Crippen molar-refractivity contribution in [2.45, 2.75) is 19.8 Å². The van der Waals surface area contributed by atoms with Crippen LogP contribution >= 0.6 is 24.2 Å². The van der Waals surface area contributed by atoms with Crippen LogP contribution in [-0.2, 0) is 0 Å². The van der Waals surface area contributed by atoms with E-state index in [1.54, 1.807) is 11.8 Å². The van der Waals surface area contributed by atoms with Crippen LogP contribution in [0.4, 0.5) is 5.69 Å². The van der Waals surface area contributed by atoms with E-state index in [2.05, 4.69) is 20.5 Å². The van der Waals surface area contributed by atoms with Crippen LogP contribution in [0.5, 0.6) is 0 Å². The Morgan fingerprint density at radius 2 is 2.07 bits per heavy atom. The van der Waals surface area contributed by atoms with Crippen LogP contribution in [0.15, 0.2) is 46.6 Å².